The number of carbonyl (C=O) groups excluding carboxylic acids is 1. The van der Waals surface area contributed by atoms with Crippen molar-refractivity contribution in [1.82, 2.24) is 4.98 Å². The Labute approximate surface area is 82.2 Å². The molecule has 74 valence electrons. The topological polar surface area (TPSA) is 30.0 Å². The van der Waals surface area contributed by atoms with Gasteiger partial charge in [-0.25, -0.2) is 4.39 Å². The van der Waals surface area contributed by atoms with Crippen molar-refractivity contribution in [3.8, 4) is 0 Å². The van der Waals surface area contributed by atoms with Gasteiger partial charge in [-0.2, -0.15) is 0 Å². The smallest absolute Gasteiger partial charge is 0.166 e. The maximum atomic E-state index is 13.2. The molecule has 0 amide bonds. The molecule has 0 aromatic carbocycles. The lowest BCUT2D eigenvalue weighted by Crippen LogP contribution is -2.08. The van der Waals surface area contributed by atoms with Gasteiger partial charge in [0, 0.05) is 12.6 Å². The first kappa shape index (κ1) is 9.31. The molecule has 2 nitrogen and oxygen atoms in total. The minimum atomic E-state index is -0.512. The molecule has 0 unspecified atom stereocenters. The van der Waals surface area contributed by atoms with Gasteiger partial charge in [-0.1, -0.05) is 6.92 Å². The molecule has 0 N–H and O–H groups in total. The zero-order valence-electron chi connectivity index (χ0n) is 8.09. The van der Waals surface area contributed by atoms with Gasteiger partial charge in [0.1, 0.15) is 0 Å². The summed E-state index contributed by atoms with van der Waals surface area (Å²) in [4.78, 5) is 15.3. The quantitative estimate of drug-likeness (QED) is 0.690. The number of rotatable bonds is 3. The summed E-state index contributed by atoms with van der Waals surface area (Å²) in [5.41, 5.74) is 0.306. The van der Waals surface area contributed by atoms with E-state index in [1.54, 1.807) is 0 Å². The number of halogens is 1. The number of hydrogen-bond donors (Lipinski definition) is 0. The van der Waals surface area contributed by atoms with E-state index in [2.05, 4.69) is 11.9 Å². The number of carbonyl (C=O) groups is 1. The van der Waals surface area contributed by atoms with E-state index >= 15 is 0 Å². The maximum Gasteiger partial charge on any atom is 0.166 e. The average molecular weight is 193 g/mol. The molecule has 14 heavy (non-hydrogen) atoms. The van der Waals surface area contributed by atoms with E-state index in [1.807, 2.05) is 0 Å². The molecule has 0 radical (unpaired) electrons. The van der Waals surface area contributed by atoms with Gasteiger partial charge >= 0.3 is 0 Å². The highest BCUT2D eigenvalue weighted by molar-refractivity contribution is 5.96. The third-order valence-corrected chi connectivity index (χ3v) is 2.76. The second kappa shape index (κ2) is 3.15. The monoisotopic (exact) mass is 193 g/mol. The number of ketones is 1. The van der Waals surface area contributed by atoms with Crippen LogP contribution in [-0.4, -0.2) is 10.8 Å². The Morgan fingerprint density at radius 1 is 1.64 bits per heavy atom. The van der Waals surface area contributed by atoms with Gasteiger partial charge in [-0.05, 0) is 24.3 Å². The van der Waals surface area contributed by atoms with Crippen LogP contribution in [0.3, 0.4) is 0 Å². The Morgan fingerprint density at radius 2 is 2.36 bits per heavy atom. The molecule has 1 aromatic heterocycles. The predicted molar refractivity (Wildman–Crippen MR) is 50.5 cm³/mol. The zero-order valence-corrected chi connectivity index (χ0v) is 8.09. The third-order valence-electron chi connectivity index (χ3n) is 2.76. The van der Waals surface area contributed by atoms with E-state index in [-0.39, 0.29) is 16.8 Å². The number of aromatic nitrogens is 1. The first-order chi connectivity index (χ1) is 6.61. The number of Topliss-reactive ketones (excluding diaryl/α,β-unsaturated/α-hetero) is 1. The normalized spacial score (nSPS) is 17.9. The molecule has 1 aromatic rings. The summed E-state index contributed by atoms with van der Waals surface area (Å²) in [6, 6.07) is 1.45. The molecule has 1 fully saturated rings. The van der Waals surface area contributed by atoms with Gasteiger partial charge < -0.3 is 0 Å². The van der Waals surface area contributed by atoms with Gasteiger partial charge in [0.15, 0.2) is 11.6 Å². The van der Waals surface area contributed by atoms with E-state index in [0.29, 0.717) is 6.42 Å². The van der Waals surface area contributed by atoms with Gasteiger partial charge in [-0.15, -0.1) is 0 Å². The molecule has 0 saturated heterocycles. The van der Waals surface area contributed by atoms with Crippen LogP contribution >= 0.6 is 0 Å². The first-order valence-electron chi connectivity index (χ1n) is 4.73. The summed E-state index contributed by atoms with van der Waals surface area (Å²) in [7, 11) is 0. The van der Waals surface area contributed by atoms with Crippen molar-refractivity contribution in [3.05, 3.63) is 29.8 Å². The molecule has 0 atom stereocenters. The van der Waals surface area contributed by atoms with E-state index in [1.165, 1.54) is 12.3 Å². The largest absolute Gasteiger partial charge is 0.294 e. The molecule has 0 spiro atoms. The predicted octanol–water partition coefficient (Wildman–Crippen LogP) is 2.59. The SMILES string of the molecule is CC1(CC(=O)c2ccncc2F)CC1. The lowest BCUT2D eigenvalue weighted by atomic mass is 9.98. The van der Waals surface area contributed by atoms with Crippen LogP contribution in [0.25, 0.3) is 0 Å². The molecule has 0 aliphatic heterocycles. The summed E-state index contributed by atoms with van der Waals surface area (Å²) in [5, 5.41) is 0. The second-order valence-electron chi connectivity index (χ2n) is 4.27. The van der Waals surface area contributed by atoms with Crippen LogP contribution in [0, 0.1) is 11.2 Å². The zero-order chi connectivity index (χ0) is 10.2. The Morgan fingerprint density at radius 3 is 2.93 bits per heavy atom. The molecule has 3 heteroatoms. The molecule has 2 rings (SSSR count). The van der Waals surface area contributed by atoms with E-state index in [9.17, 15) is 9.18 Å². The molecule has 0 bridgehead atoms. The summed E-state index contributed by atoms with van der Waals surface area (Å²) in [5.74, 6) is -0.619. The van der Waals surface area contributed by atoms with E-state index in [0.717, 1.165) is 19.0 Å². The van der Waals surface area contributed by atoms with Crippen LogP contribution in [0.15, 0.2) is 18.5 Å². The fourth-order valence-corrected chi connectivity index (χ4v) is 1.47. The number of hydrogen-bond acceptors (Lipinski definition) is 2. The van der Waals surface area contributed by atoms with E-state index in [4.69, 9.17) is 0 Å². The van der Waals surface area contributed by atoms with Crippen molar-refractivity contribution in [2.45, 2.75) is 26.2 Å². The highest BCUT2D eigenvalue weighted by Gasteiger charge is 2.39. The fraction of sp³-hybridized carbons (Fsp3) is 0.455. The van der Waals surface area contributed by atoms with Gasteiger partial charge in [0.05, 0.1) is 11.8 Å². The van der Waals surface area contributed by atoms with Gasteiger partial charge in [-0.3, -0.25) is 9.78 Å². The second-order valence-corrected chi connectivity index (χ2v) is 4.27. The first-order valence-corrected chi connectivity index (χ1v) is 4.73. The Kier molecular flexibility index (Phi) is 2.10. The third kappa shape index (κ3) is 1.81. The number of pyridine rings is 1. The van der Waals surface area contributed by atoms with Gasteiger partial charge in [0.2, 0.25) is 0 Å². The Bertz CT molecular complexity index is 371. The Hall–Kier alpha value is -1.25. The van der Waals surface area contributed by atoms with Crippen molar-refractivity contribution in [2.75, 3.05) is 0 Å². The van der Waals surface area contributed by atoms with Crippen molar-refractivity contribution < 1.29 is 9.18 Å². The summed E-state index contributed by atoms with van der Waals surface area (Å²) in [6.45, 7) is 2.06. The lowest BCUT2D eigenvalue weighted by molar-refractivity contribution is 0.0955. The molecular weight excluding hydrogens is 181 g/mol. The van der Waals surface area contributed by atoms with Crippen molar-refractivity contribution >= 4 is 5.78 Å². The van der Waals surface area contributed by atoms with Crippen LogP contribution < -0.4 is 0 Å². The van der Waals surface area contributed by atoms with Gasteiger partial charge in [0.25, 0.3) is 0 Å². The maximum absolute atomic E-state index is 13.2. The Balaban J connectivity index is 2.15. The fourth-order valence-electron chi connectivity index (χ4n) is 1.47. The average Bonchev–Trinajstić information content (AvgIpc) is 2.84. The summed E-state index contributed by atoms with van der Waals surface area (Å²) >= 11 is 0. The lowest BCUT2D eigenvalue weighted by Gasteiger charge is -2.06. The molecular formula is C11H12FNO. The molecule has 1 aliphatic rings. The van der Waals surface area contributed by atoms with Crippen molar-refractivity contribution in [2.24, 2.45) is 5.41 Å². The highest BCUT2D eigenvalue weighted by atomic mass is 19.1. The minimum absolute atomic E-state index is 0.107. The van der Waals surface area contributed by atoms with Crippen LogP contribution in [0.5, 0.6) is 0 Å². The van der Waals surface area contributed by atoms with Crippen molar-refractivity contribution in [3.63, 3.8) is 0 Å². The summed E-state index contributed by atoms with van der Waals surface area (Å²) in [6.07, 6.45) is 5.14. The number of nitrogens with zero attached hydrogens (tertiary/aromatic N) is 1. The minimum Gasteiger partial charge on any atom is -0.294 e. The molecule has 1 aliphatic carbocycles. The highest BCUT2D eigenvalue weighted by Crippen LogP contribution is 2.48. The van der Waals surface area contributed by atoms with Crippen LogP contribution in [-0.2, 0) is 0 Å². The van der Waals surface area contributed by atoms with Crippen molar-refractivity contribution in [1.29, 1.82) is 0 Å². The standard InChI is InChI=1S/C11H12FNO/c1-11(3-4-11)6-10(14)8-2-5-13-7-9(8)12/h2,5,7H,3-4,6H2,1H3. The molecule has 1 heterocycles. The van der Waals surface area contributed by atoms with Crippen LogP contribution in [0.4, 0.5) is 4.39 Å². The van der Waals surface area contributed by atoms with E-state index < -0.39 is 5.82 Å². The van der Waals surface area contributed by atoms with Crippen LogP contribution in [0.1, 0.15) is 36.5 Å². The molecule has 1 saturated carbocycles. The summed E-state index contributed by atoms with van der Waals surface area (Å²) < 4.78 is 13.2. The van der Waals surface area contributed by atoms with Crippen LogP contribution in [0.2, 0.25) is 0 Å².